The molecule has 0 aliphatic carbocycles. The zero-order chi connectivity index (χ0) is 17.4. The quantitative estimate of drug-likeness (QED) is 0.539. The van der Waals surface area contributed by atoms with Crippen molar-refractivity contribution in [3.05, 3.63) is 60.2 Å². The summed E-state index contributed by atoms with van der Waals surface area (Å²) in [6.07, 6.45) is 0.867. The zero-order valence-corrected chi connectivity index (χ0v) is 13.5. The molecule has 0 saturated carbocycles. The molecule has 3 N–H and O–H groups in total. The van der Waals surface area contributed by atoms with E-state index >= 15 is 0 Å². The number of anilines is 2. The Bertz CT molecular complexity index is 672. The molecule has 126 valence electrons. The summed E-state index contributed by atoms with van der Waals surface area (Å²) < 4.78 is 0. The van der Waals surface area contributed by atoms with Crippen LogP contribution in [0.25, 0.3) is 0 Å². The Labute approximate surface area is 141 Å². The molecule has 0 spiro atoms. The highest BCUT2D eigenvalue weighted by molar-refractivity contribution is 5.96. The molecule has 2 amide bonds. The highest BCUT2D eigenvalue weighted by Gasteiger charge is 2.14. The minimum atomic E-state index is -0.573. The molecular weight excluding hydrogens is 306 g/mol. The molecule has 24 heavy (non-hydrogen) atoms. The number of hydrogen-bond acceptors (Lipinski definition) is 4. The number of amides is 2. The molecule has 2 rings (SSSR count). The first-order valence-electron chi connectivity index (χ1n) is 7.79. The van der Waals surface area contributed by atoms with Crippen molar-refractivity contribution < 1.29 is 14.8 Å². The van der Waals surface area contributed by atoms with Crippen LogP contribution in [-0.2, 0) is 4.79 Å². The molecule has 0 saturated heterocycles. The second-order valence-electron chi connectivity index (χ2n) is 5.25. The summed E-state index contributed by atoms with van der Waals surface area (Å²) in [7, 11) is 0. The molecule has 0 aromatic heterocycles. The minimum absolute atomic E-state index is 0.0276. The van der Waals surface area contributed by atoms with Crippen LogP contribution in [0.4, 0.5) is 11.4 Å². The van der Waals surface area contributed by atoms with Gasteiger partial charge in [0.05, 0.1) is 6.54 Å². The van der Waals surface area contributed by atoms with Gasteiger partial charge in [-0.25, -0.2) is 5.48 Å². The Hall–Kier alpha value is -2.86. The van der Waals surface area contributed by atoms with Crippen molar-refractivity contribution in [2.75, 3.05) is 23.3 Å². The van der Waals surface area contributed by atoms with Crippen LogP contribution < -0.4 is 15.7 Å². The lowest BCUT2D eigenvalue weighted by atomic mass is 10.2. The fourth-order valence-electron chi connectivity index (χ4n) is 2.31. The third kappa shape index (κ3) is 4.57. The predicted molar refractivity (Wildman–Crippen MR) is 93.3 cm³/mol. The van der Waals surface area contributed by atoms with E-state index in [0.29, 0.717) is 12.1 Å². The summed E-state index contributed by atoms with van der Waals surface area (Å²) in [5.74, 6) is -0.601. The van der Waals surface area contributed by atoms with E-state index in [1.165, 1.54) is 0 Å². The number of nitrogens with one attached hydrogen (secondary N) is 2. The van der Waals surface area contributed by atoms with Crippen LogP contribution in [0, 0.1) is 0 Å². The van der Waals surface area contributed by atoms with E-state index in [0.717, 1.165) is 17.8 Å². The standard InChI is InChI=1S/C18H21N3O3/c1-2-12-21(16-6-4-3-5-7-16)17(22)13-19-15-10-8-14(9-11-15)18(23)20-24/h3-11,19,24H,2,12-13H2,1H3,(H,20,23). The second kappa shape index (κ2) is 8.69. The van der Waals surface area contributed by atoms with Crippen molar-refractivity contribution in [2.45, 2.75) is 13.3 Å². The first kappa shape index (κ1) is 17.5. The number of hydroxylamine groups is 1. The molecule has 0 aliphatic rings. The van der Waals surface area contributed by atoms with Crippen LogP contribution in [0.2, 0.25) is 0 Å². The van der Waals surface area contributed by atoms with Crippen molar-refractivity contribution in [3.8, 4) is 0 Å². The topological polar surface area (TPSA) is 81.7 Å². The van der Waals surface area contributed by atoms with Gasteiger partial charge in [0.15, 0.2) is 0 Å². The van der Waals surface area contributed by atoms with Crippen molar-refractivity contribution in [1.29, 1.82) is 0 Å². The van der Waals surface area contributed by atoms with Crippen LogP contribution in [-0.4, -0.2) is 30.1 Å². The van der Waals surface area contributed by atoms with E-state index in [1.54, 1.807) is 34.6 Å². The lowest BCUT2D eigenvalue weighted by molar-refractivity contribution is -0.117. The van der Waals surface area contributed by atoms with E-state index in [4.69, 9.17) is 5.21 Å². The molecule has 0 unspecified atom stereocenters. The lowest BCUT2D eigenvalue weighted by Gasteiger charge is -2.22. The molecule has 2 aromatic carbocycles. The minimum Gasteiger partial charge on any atom is -0.376 e. The van der Waals surface area contributed by atoms with Crippen LogP contribution in [0.5, 0.6) is 0 Å². The summed E-state index contributed by atoms with van der Waals surface area (Å²) in [6.45, 7) is 2.84. The summed E-state index contributed by atoms with van der Waals surface area (Å²) in [4.78, 5) is 25.5. The van der Waals surface area contributed by atoms with Gasteiger partial charge in [0.1, 0.15) is 0 Å². The zero-order valence-electron chi connectivity index (χ0n) is 13.5. The number of rotatable bonds is 7. The van der Waals surface area contributed by atoms with Crippen LogP contribution in [0.3, 0.4) is 0 Å². The number of para-hydroxylation sites is 1. The summed E-state index contributed by atoms with van der Waals surface area (Å²) in [6, 6.07) is 16.1. The Morgan fingerprint density at radius 3 is 2.29 bits per heavy atom. The molecular formula is C18H21N3O3. The van der Waals surface area contributed by atoms with Gasteiger partial charge in [0.25, 0.3) is 5.91 Å². The highest BCUT2D eigenvalue weighted by Crippen LogP contribution is 2.15. The molecule has 0 radical (unpaired) electrons. The normalized spacial score (nSPS) is 10.1. The number of carbonyl (C=O) groups is 2. The first-order valence-corrected chi connectivity index (χ1v) is 7.79. The van der Waals surface area contributed by atoms with Gasteiger partial charge in [-0.3, -0.25) is 14.8 Å². The molecule has 6 nitrogen and oxygen atoms in total. The Morgan fingerprint density at radius 2 is 1.71 bits per heavy atom. The summed E-state index contributed by atoms with van der Waals surface area (Å²) in [5.41, 5.74) is 3.52. The number of benzene rings is 2. The first-order chi connectivity index (χ1) is 11.7. The molecule has 0 bridgehead atoms. The van der Waals surface area contributed by atoms with Crippen LogP contribution in [0.15, 0.2) is 54.6 Å². The number of carbonyl (C=O) groups excluding carboxylic acids is 2. The Morgan fingerprint density at radius 1 is 1.04 bits per heavy atom. The van der Waals surface area contributed by atoms with E-state index in [1.807, 2.05) is 37.3 Å². The van der Waals surface area contributed by atoms with Gasteiger partial charge in [0.2, 0.25) is 5.91 Å². The fraction of sp³-hybridized carbons (Fsp3) is 0.222. The third-order valence-electron chi connectivity index (χ3n) is 3.51. The van der Waals surface area contributed by atoms with E-state index in [-0.39, 0.29) is 12.5 Å². The van der Waals surface area contributed by atoms with Gasteiger partial charge in [-0.05, 0) is 42.8 Å². The second-order valence-corrected chi connectivity index (χ2v) is 5.25. The predicted octanol–water partition coefficient (Wildman–Crippen LogP) is 2.66. The molecule has 0 atom stereocenters. The van der Waals surface area contributed by atoms with Gasteiger partial charge in [-0.1, -0.05) is 25.1 Å². The van der Waals surface area contributed by atoms with Crippen molar-refractivity contribution in [1.82, 2.24) is 5.48 Å². The van der Waals surface area contributed by atoms with Crippen LogP contribution in [0.1, 0.15) is 23.7 Å². The smallest absolute Gasteiger partial charge is 0.274 e. The third-order valence-corrected chi connectivity index (χ3v) is 3.51. The average molecular weight is 327 g/mol. The number of nitrogens with zero attached hydrogens (tertiary/aromatic N) is 1. The van der Waals surface area contributed by atoms with E-state index < -0.39 is 5.91 Å². The Balaban J connectivity index is 1.99. The molecule has 0 aliphatic heterocycles. The summed E-state index contributed by atoms with van der Waals surface area (Å²) >= 11 is 0. The fourth-order valence-corrected chi connectivity index (χ4v) is 2.31. The highest BCUT2D eigenvalue weighted by atomic mass is 16.5. The van der Waals surface area contributed by atoms with Crippen molar-refractivity contribution in [2.24, 2.45) is 0 Å². The van der Waals surface area contributed by atoms with Crippen molar-refractivity contribution in [3.63, 3.8) is 0 Å². The summed E-state index contributed by atoms with van der Waals surface area (Å²) in [5, 5.41) is 11.6. The van der Waals surface area contributed by atoms with Gasteiger partial charge >= 0.3 is 0 Å². The maximum absolute atomic E-state index is 12.5. The average Bonchev–Trinajstić information content (AvgIpc) is 2.64. The van der Waals surface area contributed by atoms with Crippen LogP contribution >= 0.6 is 0 Å². The van der Waals surface area contributed by atoms with Gasteiger partial charge in [0, 0.05) is 23.5 Å². The molecule has 2 aromatic rings. The van der Waals surface area contributed by atoms with Gasteiger partial charge < -0.3 is 10.2 Å². The van der Waals surface area contributed by atoms with E-state index in [2.05, 4.69) is 5.32 Å². The Kier molecular flexibility index (Phi) is 6.33. The number of hydrogen-bond donors (Lipinski definition) is 3. The van der Waals surface area contributed by atoms with Crippen molar-refractivity contribution >= 4 is 23.2 Å². The molecule has 0 fully saturated rings. The molecule has 6 heteroatoms. The molecule has 0 heterocycles. The SMILES string of the molecule is CCCN(C(=O)CNc1ccc(C(=O)NO)cc1)c1ccccc1. The largest absolute Gasteiger partial charge is 0.376 e. The maximum atomic E-state index is 12.5. The maximum Gasteiger partial charge on any atom is 0.274 e. The monoisotopic (exact) mass is 327 g/mol. The van der Waals surface area contributed by atoms with E-state index in [9.17, 15) is 9.59 Å². The van der Waals surface area contributed by atoms with Gasteiger partial charge in [-0.15, -0.1) is 0 Å². The lowest BCUT2D eigenvalue weighted by Crippen LogP contribution is -2.36. The van der Waals surface area contributed by atoms with Gasteiger partial charge in [-0.2, -0.15) is 0 Å².